The summed E-state index contributed by atoms with van der Waals surface area (Å²) >= 11 is 0. The molecule has 1 atom stereocenters. The largest absolute Gasteiger partial charge is 0.481 e. The van der Waals surface area contributed by atoms with Crippen LogP contribution < -0.4 is 11.1 Å². The van der Waals surface area contributed by atoms with Gasteiger partial charge < -0.3 is 16.2 Å². The summed E-state index contributed by atoms with van der Waals surface area (Å²) in [4.78, 5) is 22.8. The molecule has 1 amide bonds. The number of carbonyl (C=O) groups is 2. The first kappa shape index (κ1) is 17.2. The van der Waals surface area contributed by atoms with Crippen molar-refractivity contribution in [3.8, 4) is 0 Å². The van der Waals surface area contributed by atoms with Gasteiger partial charge in [-0.1, -0.05) is 32.9 Å². The Morgan fingerprint density at radius 1 is 1.24 bits per heavy atom. The zero-order valence-electron chi connectivity index (χ0n) is 12.8. The molecule has 0 aliphatic carbocycles. The molecular formula is C16H24N2O3. The highest BCUT2D eigenvalue weighted by molar-refractivity contribution is 5.92. The van der Waals surface area contributed by atoms with Crippen molar-refractivity contribution in [2.45, 2.75) is 33.6 Å². The standard InChI is InChI=1S/C16H24N2O3/c1-16(2,3)9-12(10-17)15(21)18-13-6-4-11(5-7-13)8-14(19)20/h4-7,12H,8-10,17H2,1-3H3,(H,18,21)(H,19,20). The minimum absolute atomic E-state index is 0.0241. The number of hydrogen-bond donors (Lipinski definition) is 3. The van der Waals surface area contributed by atoms with E-state index >= 15 is 0 Å². The lowest BCUT2D eigenvalue weighted by Gasteiger charge is -2.24. The lowest BCUT2D eigenvalue weighted by molar-refractivity contribution is -0.136. The highest BCUT2D eigenvalue weighted by Gasteiger charge is 2.23. The summed E-state index contributed by atoms with van der Waals surface area (Å²) in [6.07, 6.45) is 0.691. The van der Waals surface area contributed by atoms with E-state index in [2.05, 4.69) is 26.1 Å². The molecule has 21 heavy (non-hydrogen) atoms. The van der Waals surface area contributed by atoms with Crippen molar-refractivity contribution in [3.05, 3.63) is 29.8 Å². The lowest BCUT2D eigenvalue weighted by atomic mass is 9.84. The van der Waals surface area contributed by atoms with Crippen molar-refractivity contribution >= 4 is 17.6 Å². The molecule has 1 unspecified atom stereocenters. The Hall–Kier alpha value is -1.88. The Bertz CT molecular complexity index is 489. The van der Waals surface area contributed by atoms with Crippen molar-refractivity contribution in [1.29, 1.82) is 0 Å². The van der Waals surface area contributed by atoms with Crippen molar-refractivity contribution in [2.75, 3.05) is 11.9 Å². The molecule has 4 N–H and O–H groups in total. The third-order valence-corrected chi connectivity index (χ3v) is 3.09. The monoisotopic (exact) mass is 292 g/mol. The number of hydrogen-bond acceptors (Lipinski definition) is 3. The van der Waals surface area contributed by atoms with Crippen molar-refractivity contribution in [3.63, 3.8) is 0 Å². The van der Waals surface area contributed by atoms with E-state index < -0.39 is 5.97 Å². The number of carboxylic acids is 1. The molecule has 0 spiro atoms. The van der Waals surface area contributed by atoms with Crippen LogP contribution in [-0.2, 0) is 16.0 Å². The zero-order valence-corrected chi connectivity index (χ0v) is 12.8. The number of amides is 1. The number of nitrogens with two attached hydrogens (primary N) is 1. The molecule has 1 aromatic carbocycles. The second-order valence-corrected chi connectivity index (χ2v) is 6.45. The van der Waals surface area contributed by atoms with Gasteiger partial charge in [-0.25, -0.2) is 0 Å². The van der Waals surface area contributed by atoms with Crippen LogP contribution in [0, 0.1) is 11.3 Å². The average molecular weight is 292 g/mol. The Morgan fingerprint density at radius 3 is 2.24 bits per heavy atom. The summed E-state index contributed by atoms with van der Waals surface area (Å²) < 4.78 is 0. The van der Waals surface area contributed by atoms with Crippen LogP contribution in [0.2, 0.25) is 0 Å². The molecule has 0 aliphatic heterocycles. The first-order chi connectivity index (χ1) is 9.71. The SMILES string of the molecule is CC(C)(C)CC(CN)C(=O)Nc1ccc(CC(=O)O)cc1. The summed E-state index contributed by atoms with van der Waals surface area (Å²) in [7, 11) is 0. The molecule has 0 aromatic heterocycles. The molecule has 1 aromatic rings. The Kier molecular flexibility index (Phi) is 5.90. The molecular weight excluding hydrogens is 268 g/mol. The van der Waals surface area contributed by atoms with Crippen LogP contribution in [0.5, 0.6) is 0 Å². The quantitative estimate of drug-likeness (QED) is 0.750. The van der Waals surface area contributed by atoms with Gasteiger partial charge >= 0.3 is 5.97 Å². The van der Waals surface area contributed by atoms with Gasteiger partial charge in [-0.15, -0.1) is 0 Å². The molecule has 116 valence electrons. The van der Waals surface area contributed by atoms with Gasteiger partial charge in [0, 0.05) is 12.2 Å². The highest BCUT2D eigenvalue weighted by Crippen LogP contribution is 2.25. The number of rotatable bonds is 6. The predicted octanol–water partition coefficient (Wildman–Crippen LogP) is 2.26. The maximum absolute atomic E-state index is 12.2. The summed E-state index contributed by atoms with van der Waals surface area (Å²) in [6, 6.07) is 6.82. The summed E-state index contributed by atoms with van der Waals surface area (Å²) in [5, 5.41) is 11.5. The van der Waals surface area contributed by atoms with E-state index in [1.165, 1.54) is 0 Å². The van der Waals surface area contributed by atoms with Crippen molar-refractivity contribution in [1.82, 2.24) is 0 Å². The van der Waals surface area contributed by atoms with Crippen LogP contribution in [0.15, 0.2) is 24.3 Å². The fourth-order valence-corrected chi connectivity index (χ4v) is 2.15. The Labute approximate surface area is 125 Å². The molecule has 0 aliphatic rings. The second-order valence-electron chi connectivity index (χ2n) is 6.45. The predicted molar refractivity (Wildman–Crippen MR) is 83.0 cm³/mol. The van der Waals surface area contributed by atoms with Gasteiger partial charge in [-0.3, -0.25) is 9.59 Å². The van der Waals surface area contributed by atoms with Gasteiger partial charge in [0.25, 0.3) is 0 Å². The van der Waals surface area contributed by atoms with Crippen molar-refractivity contribution in [2.24, 2.45) is 17.1 Å². The van der Waals surface area contributed by atoms with E-state index in [0.717, 1.165) is 0 Å². The Morgan fingerprint density at radius 2 is 1.81 bits per heavy atom. The molecule has 0 fully saturated rings. The maximum atomic E-state index is 12.2. The first-order valence-corrected chi connectivity index (χ1v) is 7.03. The van der Waals surface area contributed by atoms with Gasteiger partial charge in [-0.2, -0.15) is 0 Å². The van der Waals surface area contributed by atoms with Crippen LogP contribution in [0.3, 0.4) is 0 Å². The van der Waals surface area contributed by atoms with E-state index in [1.54, 1.807) is 24.3 Å². The fraction of sp³-hybridized carbons (Fsp3) is 0.500. The maximum Gasteiger partial charge on any atom is 0.307 e. The number of nitrogens with one attached hydrogen (secondary N) is 1. The van der Waals surface area contributed by atoms with E-state index in [1.807, 2.05) is 0 Å². The highest BCUT2D eigenvalue weighted by atomic mass is 16.4. The van der Waals surface area contributed by atoms with E-state index in [9.17, 15) is 9.59 Å². The van der Waals surface area contributed by atoms with Gasteiger partial charge in [0.2, 0.25) is 5.91 Å². The van der Waals surface area contributed by atoms with Crippen LogP contribution >= 0.6 is 0 Å². The number of aliphatic carboxylic acids is 1. The van der Waals surface area contributed by atoms with Gasteiger partial charge in [0.15, 0.2) is 0 Å². The summed E-state index contributed by atoms with van der Waals surface area (Å²) in [5.74, 6) is -1.21. The van der Waals surface area contributed by atoms with Crippen LogP contribution in [0.1, 0.15) is 32.8 Å². The van der Waals surface area contributed by atoms with Gasteiger partial charge in [0.1, 0.15) is 0 Å². The second kappa shape index (κ2) is 7.22. The molecule has 1 rings (SSSR count). The van der Waals surface area contributed by atoms with E-state index in [-0.39, 0.29) is 23.7 Å². The van der Waals surface area contributed by atoms with E-state index in [0.29, 0.717) is 24.2 Å². The average Bonchev–Trinajstić information content (AvgIpc) is 2.36. The van der Waals surface area contributed by atoms with Gasteiger partial charge in [0.05, 0.1) is 12.3 Å². The molecule has 5 nitrogen and oxygen atoms in total. The third kappa shape index (κ3) is 6.40. The number of carboxylic acid groups (broad SMARTS) is 1. The molecule has 0 heterocycles. The number of anilines is 1. The molecule has 0 saturated carbocycles. The normalized spacial score (nSPS) is 12.8. The minimum atomic E-state index is -0.875. The van der Waals surface area contributed by atoms with Gasteiger partial charge in [-0.05, 0) is 29.5 Å². The zero-order chi connectivity index (χ0) is 16.0. The molecule has 5 heteroatoms. The first-order valence-electron chi connectivity index (χ1n) is 7.03. The minimum Gasteiger partial charge on any atom is -0.481 e. The van der Waals surface area contributed by atoms with Crippen molar-refractivity contribution < 1.29 is 14.7 Å². The molecule has 0 radical (unpaired) electrons. The smallest absolute Gasteiger partial charge is 0.307 e. The Balaban J connectivity index is 2.66. The fourth-order valence-electron chi connectivity index (χ4n) is 2.15. The van der Waals surface area contributed by atoms with Crippen LogP contribution in [-0.4, -0.2) is 23.5 Å². The summed E-state index contributed by atoms with van der Waals surface area (Å²) in [6.45, 7) is 6.52. The topological polar surface area (TPSA) is 92.4 Å². The lowest BCUT2D eigenvalue weighted by Crippen LogP contribution is -2.32. The third-order valence-electron chi connectivity index (χ3n) is 3.09. The van der Waals surface area contributed by atoms with Crippen LogP contribution in [0.4, 0.5) is 5.69 Å². The summed E-state index contributed by atoms with van der Waals surface area (Å²) in [5.41, 5.74) is 7.08. The molecule has 0 bridgehead atoms. The molecule has 0 saturated heterocycles. The number of benzene rings is 1. The van der Waals surface area contributed by atoms with Crippen LogP contribution in [0.25, 0.3) is 0 Å². The van der Waals surface area contributed by atoms with E-state index in [4.69, 9.17) is 10.8 Å². The number of carbonyl (C=O) groups excluding carboxylic acids is 1.